The number of nitrogens with zero attached hydrogens (tertiary/aromatic N) is 4. The van der Waals surface area contributed by atoms with E-state index < -0.39 is 10.9 Å². The third-order valence-corrected chi connectivity index (χ3v) is 3.90. The van der Waals surface area contributed by atoms with Crippen molar-refractivity contribution in [1.29, 1.82) is 0 Å². The van der Waals surface area contributed by atoms with Gasteiger partial charge in [-0.15, -0.1) is 0 Å². The van der Waals surface area contributed by atoms with Crippen LogP contribution < -0.4 is 33.0 Å². The van der Waals surface area contributed by atoms with Crippen molar-refractivity contribution < 1.29 is 10.4 Å². The quantitative estimate of drug-likeness (QED) is 0.310. The maximum Gasteiger partial charge on any atom is 0.218 e. The molecule has 0 saturated heterocycles. The van der Waals surface area contributed by atoms with E-state index in [1.54, 1.807) is 12.1 Å². The molecule has 3 aromatic rings. The largest absolute Gasteiger partial charge is 0.428 e. The predicted molar refractivity (Wildman–Crippen MR) is 94.5 cm³/mol. The van der Waals surface area contributed by atoms with Gasteiger partial charge in [-0.3, -0.25) is 19.6 Å². The summed E-state index contributed by atoms with van der Waals surface area (Å²) in [5.74, 6) is 0. The minimum atomic E-state index is -0.652. The second-order valence-corrected chi connectivity index (χ2v) is 5.54. The summed E-state index contributed by atoms with van der Waals surface area (Å²) in [4.78, 5) is 34.5. The normalized spacial score (nSPS) is 13.2. The van der Waals surface area contributed by atoms with Crippen molar-refractivity contribution in [3.63, 3.8) is 0 Å². The second kappa shape index (κ2) is 6.94. The van der Waals surface area contributed by atoms with Gasteiger partial charge in [-0.25, -0.2) is 0 Å². The van der Waals surface area contributed by atoms with E-state index in [0.29, 0.717) is 9.46 Å². The highest BCUT2D eigenvalue weighted by atomic mass is 16.5. The molecule has 0 bridgehead atoms. The number of benzene rings is 2. The van der Waals surface area contributed by atoms with Gasteiger partial charge in [0.1, 0.15) is 0 Å². The van der Waals surface area contributed by atoms with Gasteiger partial charge in [-0.05, 0) is 12.1 Å². The van der Waals surface area contributed by atoms with E-state index in [0.717, 1.165) is 12.4 Å². The number of aromatic nitrogens is 2. The SMILES string of the molecule is NCCN=c1ccc(=NCCN)c2c(=O)c3c(c(=O)c12)n(O)ccn3O. The molecule has 0 spiro atoms. The smallest absolute Gasteiger partial charge is 0.218 e. The summed E-state index contributed by atoms with van der Waals surface area (Å²) >= 11 is 0. The van der Waals surface area contributed by atoms with Gasteiger partial charge < -0.3 is 21.9 Å². The summed E-state index contributed by atoms with van der Waals surface area (Å²) in [7, 11) is 0. The average Bonchev–Trinajstić information content (AvgIpc) is 2.64. The summed E-state index contributed by atoms with van der Waals surface area (Å²) < 4.78 is 1.00. The Labute approximate surface area is 145 Å². The zero-order valence-electron chi connectivity index (χ0n) is 13.8. The second-order valence-electron chi connectivity index (χ2n) is 5.54. The summed E-state index contributed by atoms with van der Waals surface area (Å²) in [6.45, 7) is 1.05. The molecule has 0 radical (unpaired) electrons. The molecule has 10 nitrogen and oxygen atoms in total. The lowest BCUT2D eigenvalue weighted by atomic mass is 10.1. The molecule has 0 unspecified atom stereocenters. The Hall–Kier alpha value is -3.24. The zero-order chi connectivity index (χ0) is 18.8. The van der Waals surface area contributed by atoms with Gasteiger partial charge >= 0.3 is 0 Å². The molecule has 0 aliphatic carbocycles. The number of fused-ring (bicyclic) bond motifs is 2. The maximum absolute atomic E-state index is 13.0. The lowest BCUT2D eigenvalue weighted by Crippen LogP contribution is -2.30. The Morgan fingerprint density at radius 2 is 1.19 bits per heavy atom. The fourth-order valence-corrected chi connectivity index (χ4v) is 2.83. The van der Waals surface area contributed by atoms with Gasteiger partial charge in [-0.1, -0.05) is 0 Å². The predicted octanol–water partition coefficient (Wildman–Crippen LogP) is -2.05. The Kier molecular flexibility index (Phi) is 4.69. The van der Waals surface area contributed by atoms with Crippen LogP contribution in [0.25, 0.3) is 21.8 Å². The van der Waals surface area contributed by atoms with E-state index in [2.05, 4.69) is 9.98 Å². The topological polar surface area (TPSA) is 161 Å². The third kappa shape index (κ3) is 2.70. The number of hydrogen-bond acceptors (Lipinski definition) is 8. The molecule has 3 rings (SSSR count). The first-order valence-corrected chi connectivity index (χ1v) is 7.91. The van der Waals surface area contributed by atoms with Crippen LogP contribution in [0.5, 0.6) is 0 Å². The van der Waals surface area contributed by atoms with Gasteiger partial charge in [0.05, 0.1) is 47.0 Å². The van der Waals surface area contributed by atoms with Gasteiger partial charge in [0.2, 0.25) is 10.9 Å². The molecule has 0 aliphatic heterocycles. The molecule has 0 aliphatic rings. The molecule has 6 N–H and O–H groups in total. The van der Waals surface area contributed by atoms with Crippen LogP contribution >= 0.6 is 0 Å². The van der Waals surface area contributed by atoms with Crippen molar-refractivity contribution in [2.45, 2.75) is 0 Å². The third-order valence-electron chi connectivity index (χ3n) is 3.90. The van der Waals surface area contributed by atoms with Crippen molar-refractivity contribution in [3.05, 3.63) is 55.7 Å². The van der Waals surface area contributed by atoms with Crippen LogP contribution in [0.4, 0.5) is 0 Å². The van der Waals surface area contributed by atoms with Crippen LogP contribution in [-0.4, -0.2) is 46.1 Å². The molecule has 0 atom stereocenters. The van der Waals surface area contributed by atoms with Crippen LogP contribution in [0.15, 0.2) is 44.1 Å². The Bertz CT molecular complexity index is 1130. The van der Waals surface area contributed by atoms with E-state index in [1.165, 1.54) is 0 Å². The molecule has 0 amide bonds. The molecular formula is C16H18N6O4. The molecule has 2 aromatic carbocycles. The summed E-state index contributed by atoms with van der Waals surface area (Å²) in [5, 5.41) is 20.6. The molecule has 26 heavy (non-hydrogen) atoms. The molecule has 1 aromatic heterocycles. The van der Waals surface area contributed by atoms with Crippen molar-refractivity contribution in [3.8, 4) is 0 Å². The zero-order valence-corrected chi connectivity index (χ0v) is 13.8. The fourth-order valence-electron chi connectivity index (χ4n) is 2.83. The highest BCUT2D eigenvalue weighted by Gasteiger charge is 2.18. The number of hydrogen-bond donors (Lipinski definition) is 4. The first-order valence-electron chi connectivity index (χ1n) is 7.91. The van der Waals surface area contributed by atoms with Crippen LogP contribution in [0, 0.1) is 0 Å². The van der Waals surface area contributed by atoms with Crippen LogP contribution in [0.1, 0.15) is 0 Å². The molecule has 10 heteroatoms. The van der Waals surface area contributed by atoms with Crippen molar-refractivity contribution in [2.24, 2.45) is 21.5 Å². The molecule has 1 heterocycles. The summed E-state index contributed by atoms with van der Waals surface area (Å²) in [6, 6.07) is 3.13. The van der Waals surface area contributed by atoms with Crippen LogP contribution in [-0.2, 0) is 0 Å². The number of nitrogens with two attached hydrogens (primary N) is 2. The van der Waals surface area contributed by atoms with E-state index in [9.17, 15) is 20.0 Å². The Balaban J connectivity index is 2.70. The standard InChI is InChI=1S/C16H18N6O4/c17-3-5-19-9-1-2-10(20-6-4-18)12-11(9)15(23)13-14(16(12)24)22(26)8-7-21(13)25/h1-2,7-8,25-26H,3-6,17-18H2. The Morgan fingerprint density at radius 3 is 1.54 bits per heavy atom. The average molecular weight is 358 g/mol. The van der Waals surface area contributed by atoms with Gasteiger partial charge in [0.15, 0.2) is 11.0 Å². The number of rotatable bonds is 4. The van der Waals surface area contributed by atoms with E-state index in [1.807, 2.05) is 0 Å². The van der Waals surface area contributed by atoms with Crippen molar-refractivity contribution >= 4 is 21.8 Å². The van der Waals surface area contributed by atoms with Crippen molar-refractivity contribution in [1.82, 2.24) is 9.46 Å². The molecule has 136 valence electrons. The Morgan fingerprint density at radius 1 is 0.808 bits per heavy atom. The lowest BCUT2D eigenvalue weighted by Gasteiger charge is -2.08. The van der Waals surface area contributed by atoms with Crippen LogP contribution in [0.2, 0.25) is 0 Å². The first kappa shape index (κ1) is 17.6. The first-order chi connectivity index (χ1) is 12.5. The summed E-state index contributed by atoms with van der Waals surface area (Å²) in [5.41, 5.74) is 8.93. The monoisotopic (exact) mass is 358 g/mol. The minimum absolute atomic E-state index is 0.0169. The highest BCUT2D eigenvalue weighted by molar-refractivity contribution is 5.94. The van der Waals surface area contributed by atoms with E-state index in [4.69, 9.17) is 11.5 Å². The van der Waals surface area contributed by atoms with E-state index in [-0.39, 0.29) is 58.7 Å². The molecular weight excluding hydrogens is 340 g/mol. The fraction of sp³-hybridized carbons (Fsp3) is 0.250. The van der Waals surface area contributed by atoms with Gasteiger partial charge in [0, 0.05) is 13.1 Å². The lowest BCUT2D eigenvalue weighted by molar-refractivity contribution is 0.172. The van der Waals surface area contributed by atoms with E-state index >= 15 is 0 Å². The highest BCUT2D eigenvalue weighted by Crippen LogP contribution is 2.07. The maximum atomic E-state index is 13.0. The molecule has 0 fully saturated rings. The van der Waals surface area contributed by atoms with Gasteiger partial charge in [-0.2, -0.15) is 9.46 Å². The molecule has 0 saturated carbocycles. The summed E-state index contributed by atoms with van der Waals surface area (Å²) in [6.07, 6.45) is 2.10. The minimum Gasteiger partial charge on any atom is -0.428 e. The van der Waals surface area contributed by atoms with Crippen LogP contribution in [0.3, 0.4) is 0 Å². The van der Waals surface area contributed by atoms with Gasteiger partial charge in [0.25, 0.3) is 0 Å². The van der Waals surface area contributed by atoms with Crippen molar-refractivity contribution in [2.75, 3.05) is 26.2 Å².